The Hall–Kier alpha value is -1.27. The molecule has 0 aliphatic carbocycles. The molecular weight excluding hydrogens is 290 g/mol. The van der Waals surface area contributed by atoms with Gasteiger partial charge in [-0.3, -0.25) is 0 Å². The van der Waals surface area contributed by atoms with Gasteiger partial charge in [0.05, 0.1) is 19.0 Å². The van der Waals surface area contributed by atoms with Crippen LogP contribution < -0.4 is 9.47 Å². The van der Waals surface area contributed by atoms with Crippen LogP contribution in [0.1, 0.15) is 30.0 Å². The van der Waals surface area contributed by atoms with Crippen molar-refractivity contribution < 1.29 is 17.9 Å². The van der Waals surface area contributed by atoms with Crippen LogP contribution in [0.3, 0.4) is 0 Å². The topological polar surface area (TPSA) is 55.8 Å². The Labute approximate surface area is 125 Å². The molecule has 5 nitrogen and oxygen atoms in total. The summed E-state index contributed by atoms with van der Waals surface area (Å²) in [6, 6.07) is 2.05. The second kappa shape index (κ2) is 5.50. The molecule has 3 rings (SSSR count). The standard InChI is InChI=1S/C15H21NO4S/c1-3-8-21(17,18)16(2)10-13-12-5-7-19-14(12)9-11-4-6-20-15(11)13/h9H,3-8,10H2,1-2H3. The number of hydrogen-bond acceptors (Lipinski definition) is 4. The van der Waals surface area contributed by atoms with Crippen molar-refractivity contribution in [2.24, 2.45) is 0 Å². The van der Waals surface area contributed by atoms with Gasteiger partial charge in [-0.1, -0.05) is 6.92 Å². The lowest BCUT2D eigenvalue weighted by Crippen LogP contribution is -2.29. The molecule has 1 aromatic carbocycles. The third kappa shape index (κ3) is 2.62. The molecule has 0 unspecified atom stereocenters. The molecule has 0 bridgehead atoms. The number of hydrogen-bond donors (Lipinski definition) is 0. The zero-order chi connectivity index (χ0) is 15.0. The summed E-state index contributed by atoms with van der Waals surface area (Å²) in [7, 11) is -1.57. The first-order valence-electron chi connectivity index (χ1n) is 7.40. The number of ether oxygens (including phenoxy) is 2. The largest absolute Gasteiger partial charge is 0.493 e. The van der Waals surface area contributed by atoms with Gasteiger partial charge < -0.3 is 9.47 Å². The molecule has 0 saturated heterocycles. The molecule has 0 radical (unpaired) electrons. The van der Waals surface area contributed by atoms with Crippen LogP contribution in [0.25, 0.3) is 0 Å². The van der Waals surface area contributed by atoms with Crippen molar-refractivity contribution in [3.05, 3.63) is 22.8 Å². The zero-order valence-corrected chi connectivity index (χ0v) is 13.3. The smallest absolute Gasteiger partial charge is 0.214 e. The fraction of sp³-hybridized carbons (Fsp3) is 0.600. The molecule has 0 saturated carbocycles. The molecule has 2 heterocycles. The van der Waals surface area contributed by atoms with Crippen molar-refractivity contribution in [2.75, 3.05) is 26.0 Å². The summed E-state index contributed by atoms with van der Waals surface area (Å²) >= 11 is 0. The summed E-state index contributed by atoms with van der Waals surface area (Å²) in [5.74, 6) is 1.95. The highest BCUT2D eigenvalue weighted by molar-refractivity contribution is 7.89. The van der Waals surface area contributed by atoms with Crippen molar-refractivity contribution in [1.29, 1.82) is 0 Å². The molecule has 0 amide bonds. The molecule has 0 aromatic heterocycles. The van der Waals surface area contributed by atoms with Gasteiger partial charge in [0.15, 0.2) is 0 Å². The summed E-state index contributed by atoms with van der Waals surface area (Å²) in [6.07, 6.45) is 2.31. The average molecular weight is 311 g/mol. The van der Waals surface area contributed by atoms with E-state index in [0.717, 1.165) is 41.0 Å². The molecule has 21 heavy (non-hydrogen) atoms. The summed E-state index contributed by atoms with van der Waals surface area (Å²) in [5, 5.41) is 0. The van der Waals surface area contributed by atoms with E-state index in [2.05, 4.69) is 6.07 Å². The zero-order valence-electron chi connectivity index (χ0n) is 12.5. The summed E-state index contributed by atoms with van der Waals surface area (Å²) in [6.45, 7) is 3.56. The minimum absolute atomic E-state index is 0.179. The number of nitrogens with zero attached hydrogens (tertiary/aromatic N) is 1. The van der Waals surface area contributed by atoms with E-state index in [1.54, 1.807) is 7.05 Å². The molecule has 2 aliphatic rings. The van der Waals surface area contributed by atoms with E-state index in [0.29, 0.717) is 26.2 Å². The van der Waals surface area contributed by atoms with E-state index >= 15 is 0 Å². The molecule has 6 heteroatoms. The third-order valence-corrected chi connectivity index (χ3v) is 6.08. The summed E-state index contributed by atoms with van der Waals surface area (Å²) < 4.78 is 37.2. The van der Waals surface area contributed by atoms with Crippen molar-refractivity contribution in [1.82, 2.24) is 4.31 Å². The molecule has 116 valence electrons. The Bertz CT molecular complexity index is 622. The van der Waals surface area contributed by atoms with Crippen molar-refractivity contribution in [2.45, 2.75) is 32.7 Å². The second-order valence-corrected chi connectivity index (χ2v) is 7.78. The van der Waals surface area contributed by atoms with Gasteiger partial charge >= 0.3 is 0 Å². The van der Waals surface area contributed by atoms with Crippen molar-refractivity contribution in [3.8, 4) is 11.5 Å². The van der Waals surface area contributed by atoms with Crippen LogP contribution in [-0.4, -0.2) is 38.7 Å². The molecule has 0 N–H and O–H groups in total. The van der Waals surface area contributed by atoms with Gasteiger partial charge in [-0.05, 0) is 12.5 Å². The third-order valence-electron chi connectivity index (χ3n) is 4.08. The Morgan fingerprint density at radius 2 is 2.00 bits per heavy atom. The minimum Gasteiger partial charge on any atom is -0.493 e. The van der Waals surface area contributed by atoms with Crippen LogP contribution in [0, 0.1) is 0 Å². The van der Waals surface area contributed by atoms with E-state index in [9.17, 15) is 8.42 Å². The van der Waals surface area contributed by atoms with Gasteiger partial charge in [0.25, 0.3) is 0 Å². The van der Waals surface area contributed by atoms with Crippen LogP contribution in [-0.2, 0) is 29.4 Å². The molecule has 0 atom stereocenters. The highest BCUT2D eigenvalue weighted by Gasteiger charge is 2.28. The molecule has 1 aromatic rings. The lowest BCUT2D eigenvalue weighted by Gasteiger charge is -2.20. The van der Waals surface area contributed by atoms with Crippen LogP contribution in [0.2, 0.25) is 0 Å². The van der Waals surface area contributed by atoms with E-state index in [1.165, 1.54) is 4.31 Å². The maximum atomic E-state index is 12.2. The normalized spacial score (nSPS) is 16.5. The average Bonchev–Trinajstić information content (AvgIpc) is 3.06. The van der Waals surface area contributed by atoms with Crippen LogP contribution in [0.4, 0.5) is 0 Å². The van der Waals surface area contributed by atoms with Crippen molar-refractivity contribution >= 4 is 10.0 Å². The SMILES string of the molecule is CCCS(=O)(=O)N(C)Cc1c2c(cc3c1OCC3)OCC2. The van der Waals surface area contributed by atoms with Crippen LogP contribution in [0.15, 0.2) is 6.07 Å². The van der Waals surface area contributed by atoms with E-state index in [-0.39, 0.29) is 5.75 Å². The predicted molar refractivity (Wildman–Crippen MR) is 80.4 cm³/mol. The van der Waals surface area contributed by atoms with Gasteiger partial charge in [0.2, 0.25) is 10.0 Å². The summed E-state index contributed by atoms with van der Waals surface area (Å²) in [5.41, 5.74) is 3.22. The van der Waals surface area contributed by atoms with E-state index in [4.69, 9.17) is 9.47 Å². The lowest BCUT2D eigenvalue weighted by molar-refractivity contribution is 0.348. The van der Waals surface area contributed by atoms with Gasteiger partial charge in [0.1, 0.15) is 11.5 Å². The fourth-order valence-corrected chi connectivity index (χ4v) is 4.14. The van der Waals surface area contributed by atoms with Gasteiger partial charge in [-0.25, -0.2) is 12.7 Å². The predicted octanol–water partition coefficient (Wildman–Crippen LogP) is 1.73. The minimum atomic E-state index is -3.21. The van der Waals surface area contributed by atoms with E-state index in [1.807, 2.05) is 6.92 Å². The highest BCUT2D eigenvalue weighted by atomic mass is 32.2. The Kier molecular flexibility index (Phi) is 3.84. The molecule has 0 spiro atoms. The fourth-order valence-electron chi connectivity index (χ4n) is 2.99. The molecule has 2 aliphatic heterocycles. The molecular formula is C15H21NO4S. The van der Waals surface area contributed by atoms with Crippen molar-refractivity contribution in [3.63, 3.8) is 0 Å². The first-order chi connectivity index (χ1) is 10.0. The number of fused-ring (bicyclic) bond motifs is 2. The van der Waals surface area contributed by atoms with E-state index < -0.39 is 10.0 Å². The first-order valence-corrected chi connectivity index (χ1v) is 9.01. The maximum absolute atomic E-state index is 12.2. The number of sulfonamides is 1. The van der Waals surface area contributed by atoms with Crippen LogP contribution >= 0.6 is 0 Å². The number of benzene rings is 1. The molecule has 0 fully saturated rings. The Morgan fingerprint density at radius 1 is 1.24 bits per heavy atom. The van der Waals surface area contributed by atoms with Gasteiger partial charge in [-0.15, -0.1) is 0 Å². The van der Waals surface area contributed by atoms with Gasteiger partial charge in [-0.2, -0.15) is 0 Å². The quantitative estimate of drug-likeness (QED) is 0.831. The second-order valence-electron chi connectivity index (χ2n) is 5.59. The number of rotatable bonds is 5. The van der Waals surface area contributed by atoms with Crippen LogP contribution in [0.5, 0.6) is 11.5 Å². The lowest BCUT2D eigenvalue weighted by atomic mass is 9.99. The monoisotopic (exact) mass is 311 g/mol. The highest BCUT2D eigenvalue weighted by Crippen LogP contribution is 2.41. The Morgan fingerprint density at radius 3 is 2.76 bits per heavy atom. The maximum Gasteiger partial charge on any atom is 0.214 e. The van der Waals surface area contributed by atoms with Gasteiger partial charge in [0, 0.05) is 43.1 Å². The first kappa shape index (κ1) is 14.7. The Balaban J connectivity index is 1.96. The summed E-state index contributed by atoms with van der Waals surface area (Å²) in [4.78, 5) is 0.